The van der Waals surface area contributed by atoms with Crippen LogP contribution < -0.4 is 5.32 Å². The van der Waals surface area contributed by atoms with Crippen LogP contribution in [0.1, 0.15) is 35.0 Å². The Hall–Kier alpha value is -2.31. The lowest BCUT2D eigenvalue weighted by atomic mass is 10.1. The summed E-state index contributed by atoms with van der Waals surface area (Å²) in [5, 5.41) is 9.02. The SMILES string of the molecule is Cc1nc(C(C)NC(=O)c2cccc(F)c2F)n[nH]1. The highest BCUT2D eigenvalue weighted by Gasteiger charge is 2.19. The lowest BCUT2D eigenvalue weighted by molar-refractivity contribution is 0.0933. The minimum absolute atomic E-state index is 0.348. The van der Waals surface area contributed by atoms with Crippen molar-refractivity contribution < 1.29 is 13.6 Å². The zero-order valence-corrected chi connectivity index (χ0v) is 10.4. The molecule has 0 saturated heterocycles. The lowest BCUT2D eigenvalue weighted by Crippen LogP contribution is -2.28. The summed E-state index contributed by atoms with van der Waals surface area (Å²) in [5.74, 6) is -1.96. The van der Waals surface area contributed by atoms with E-state index in [1.807, 2.05) is 0 Å². The first-order chi connectivity index (χ1) is 8.99. The minimum atomic E-state index is -1.17. The van der Waals surface area contributed by atoms with Crippen LogP contribution in [0.15, 0.2) is 18.2 Å². The van der Waals surface area contributed by atoms with Crippen molar-refractivity contribution in [1.82, 2.24) is 20.5 Å². The fraction of sp³-hybridized carbons (Fsp3) is 0.250. The number of benzene rings is 1. The first-order valence-electron chi connectivity index (χ1n) is 5.63. The quantitative estimate of drug-likeness (QED) is 0.891. The Morgan fingerprint density at radius 3 is 2.79 bits per heavy atom. The molecule has 0 bridgehead atoms. The third kappa shape index (κ3) is 2.75. The number of halogens is 2. The molecule has 5 nitrogen and oxygen atoms in total. The Kier molecular flexibility index (Phi) is 3.55. The number of hydrogen-bond acceptors (Lipinski definition) is 3. The van der Waals surface area contributed by atoms with Crippen molar-refractivity contribution in [3.8, 4) is 0 Å². The van der Waals surface area contributed by atoms with E-state index in [0.717, 1.165) is 6.07 Å². The third-order valence-corrected chi connectivity index (χ3v) is 2.55. The van der Waals surface area contributed by atoms with Gasteiger partial charge >= 0.3 is 0 Å². The van der Waals surface area contributed by atoms with Crippen LogP contribution in [0, 0.1) is 18.6 Å². The van der Waals surface area contributed by atoms with E-state index in [-0.39, 0.29) is 5.56 Å². The first kappa shape index (κ1) is 13.1. The van der Waals surface area contributed by atoms with Crippen molar-refractivity contribution >= 4 is 5.91 Å². The van der Waals surface area contributed by atoms with Crippen molar-refractivity contribution in [3.63, 3.8) is 0 Å². The molecule has 0 radical (unpaired) electrons. The van der Waals surface area contributed by atoms with E-state index in [2.05, 4.69) is 20.5 Å². The second-order valence-corrected chi connectivity index (χ2v) is 4.08. The predicted molar refractivity (Wildman–Crippen MR) is 63.4 cm³/mol. The monoisotopic (exact) mass is 266 g/mol. The van der Waals surface area contributed by atoms with Crippen molar-refractivity contribution in [2.45, 2.75) is 19.9 Å². The van der Waals surface area contributed by atoms with Gasteiger partial charge in [0.15, 0.2) is 17.5 Å². The summed E-state index contributed by atoms with van der Waals surface area (Å²) in [6.07, 6.45) is 0. The van der Waals surface area contributed by atoms with E-state index in [1.165, 1.54) is 12.1 Å². The van der Waals surface area contributed by atoms with Gasteiger partial charge in [0.05, 0.1) is 11.6 Å². The van der Waals surface area contributed by atoms with Gasteiger partial charge in [-0.05, 0) is 26.0 Å². The van der Waals surface area contributed by atoms with Gasteiger partial charge in [0.25, 0.3) is 5.91 Å². The number of carbonyl (C=O) groups excluding carboxylic acids is 1. The summed E-state index contributed by atoms with van der Waals surface area (Å²) >= 11 is 0. The van der Waals surface area contributed by atoms with Crippen molar-refractivity contribution in [1.29, 1.82) is 0 Å². The average Bonchev–Trinajstić information content (AvgIpc) is 2.79. The zero-order chi connectivity index (χ0) is 14.0. The fourth-order valence-corrected chi connectivity index (χ4v) is 1.57. The van der Waals surface area contributed by atoms with Gasteiger partial charge in [-0.1, -0.05) is 6.07 Å². The van der Waals surface area contributed by atoms with Crippen LogP contribution in [-0.4, -0.2) is 21.1 Å². The summed E-state index contributed by atoms with van der Waals surface area (Å²) < 4.78 is 26.5. The predicted octanol–water partition coefficient (Wildman–Crippen LogP) is 1.88. The molecule has 1 amide bonds. The van der Waals surface area contributed by atoms with Gasteiger partial charge < -0.3 is 5.32 Å². The molecule has 1 heterocycles. The Labute approximate surface area is 108 Å². The summed E-state index contributed by atoms with van der Waals surface area (Å²) in [4.78, 5) is 15.9. The van der Waals surface area contributed by atoms with Crippen LogP contribution >= 0.6 is 0 Å². The van der Waals surface area contributed by atoms with Gasteiger partial charge in [0.1, 0.15) is 5.82 Å². The average molecular weight is 266 g/mol. The Bertz CT molecular complexity index is 612. The van der Waals surface area contributed by atoms with Gasteiger partial charge in [-0.25, -0.2) is 13.8 Å². The van der Waals surface area contributed by atoms with Gasteiger partial charge in [-0.15, -0.1) is 0 Å². The molecule has 0 aliphatic rings. The van der Waals surface area contributed by atoms with Crippen LogP contribution in [0.25, 0.3) is 0 Å². The van der Waals surface area contributed by atoms with Crippen LogP contribution in [0.5, 0.6) is 0 Å². The topological polar surface area (TPSA) is 70.7 Å². The maximum absolute atomic E-state index is 13.4. The molecule has 0 aliphatic carbocycles. The normalized spacial score (nSPS) is 12.2. The first-order valence-corrected chi connectivity index (χ1v) is 5.63. The largest absolute Gasteiger partial charge is 0.342 e. The van der Waals surface area contributed by atoms with Gasteiger partial charge in [0, 0.05) is 0 Å². The van der Waals surface area contributed by atoms with Crippen LogP contribution in [0.3, 0.4) is 0 Å². The molecule has 2 N–H and O–H groups in total. The summed E-state index contributed by atoms with van der Waals surface area (Å²) in [6, 6.07) is 2.92. The highest BCUT2D eigenvalue weighted by molar-refractivity contribution is 5.94. The Morgan fingerprint density at radius 2 is 2.16 bits per heavy atom. The molecule has 0 spiro atoms. The maximum Gasteiger partial charge on any atom is 0.254 e. The smallest absolute Gasteiger partial charge is 0.254 e. The van der Waals surface area contributed by atoms with E-state index in [9.17, 15) is 13.6 Å². The molecule has 1 aromatic heterocycles. The van der Waals surface area contributed by atoms with Crippen LogP contribution in [0.2, 0.25) is 0 Å². The number of aromatic nitrogens is 3. The molecular weight excluding hydrogens is 254 g/mol. The van der Waals surface area contributed by atoms with E-state index in [4.69, 9.17) is 0 Å². The molecule has 1 atom stereocenters. The molecule has 0 aliphatic heterocycles. The van der Waals surface area contributed by atoms with E-state index in [1.54, 1.807) is 13.8 Å². The number of carbonyl (C=O) groups is 1. The Morgan fingerprint density at radius 1 is 1.42 bits per heavy atom. The zero-order valence-electron chi connectivity index (χ0n) is 10.4. The fourth-order valence-electron chi connectivity index (χ4n) is 1.57. The van der Waals surface area contributed by atoms with Crippen molar-refractivity contribution in [3.05, 3.63) is 47.0 Å². The van der Waals surface area contributed by atoms with Gasteiger partial charge in [-0.2, -0.15) is 5.10 Å². The number of aryl methyl sites for hydroxylation is 1. The molecular formula is C12H12F2N4O. The number of rotatable bonds is 3. The molecule has 100 valence electrons. The minimum Gasteiger partial charge on any atom is -0.342 e. The summed E-state index contributed by atoms with van der Waals surface area (Å²) in [7, 11) is 0. The number of aromatic amines is 1. The number of H-pyrrole nitrogens is 1. The lowest BCUT2D eigenvalue weighted by Gasteiger charge is -2.11. The standard InChI is InChI=1S/C12H12F2N4O/c1-6(11-16-7(2)17-18-11)15-12(19)8-4-3-5-9(13)10(8)14/h3-6H,1-2H3,(H,15,19)(H,16,17,18). The van der Waals surface area contributed by atoms with E-state index >= 15 is 0 Å². The van der Waals surface area contributed by atoms with Gasteiger partial charge in [-0.3, -0.25) is 9.89 Å². The molecule has 19 heavy (non-hydrogen) atoms. The molecule has 0 saturated carbocycles. The summed E-state index contributed by atoms with van der Waals surface area (Å²) in [5.41, 5.74) is -0.348. The van der Waals surface area contributed by atoms with Crippen molar-refractivity contribution in [2.24, 2.45) is 0 Å². The maximum atomic E-state index is 13.4. The molecule has 0 fully saturated rings. The van der Waals surface area contributed by atoms with Gasteiger partial charge in [0.2, 0.25) is 0 Å². The second-order valence-electron chi connectivity index (χ2n) is 4.08. The number of amides is 1. The number of nitrogens with one attached hydrogen (secondary N) is 2. The van der Waals surface area contributed by atoms with Crippen LogP contribution in [-0.2, 0) is 0 Å². The number of nitrogens with zero attached hydrogens (tertiary/aromatic N) is 2. The second kappa shape index (κ2) is 5.13. The molecule has 1 aromatic carbocycles. The molecule has 2 rings (SSSR count). The number of hydrogen-bond donors (Lipinski definition) is 2. The van der Waals surface area contributed by atoms with E-state index < -0.39 is 23.6 Å². The molecule has 2 aromatic rings. The van der Waals surface area contributed by atoms with E-state index in [0.29, 0.717) is 11.6 Å². The third-order valence-electron chi connectivity index (χ3n) is 2.55. The Balaban J connectivity index is 2.15. The summed E-state index contributed by atoms with van der Waals surface area (Å²) in [6.45, 7) is 3.37. The highest BCUT2D eigenvalue weighted by atomic mass is 19.2. The van der Waals surface area contributed by atoms with Crippen LogP contribution in [0.4, 0.5) is 8.78 Å². The highest BCUT2D eigenvalue weighted by Crippen LogP contribution is 2.13. The molecule has 7 heteroatoms. The molecule has 1 unspecified atom stereocenters. The van der Waals surface area contributed by atoms with Crippen molar-refractivity contribution in [2.75, 3.05) is 0 Å².